The van der Waals surface area contributed by atoms with Crippen molar-refractivity contribution in [2.45, 2.75) is 30.8 Å². The number of benzene rings is 1. The molecule has 2 rings (SSSR count). The van der Waals surface area contributed by atoms with Gasteiger partial charge in [0.15, 0.2) is 10.6 Å². The Morgan fingerprint density at radius 2 is 1.83 bits per heavy atom. The van der Waals surface area contributed by atoms with E-state index in [1.807, 2.05) is 0 Å². The van der Waals surface area contributed by atoms with Gasteiger partial charge in [-0.3, -0.25) is 0 Å². The molecule has 132 valence electrons. The molecule has 24 heavy (non-hydrogen) atoms. The van der Waals surface area contributed by atoms with E-state index >= 15 is 0 Å². The van der Waals surface area contributed by atoms with Gasteiger partial charge in [-0.15, -0.1) is 5.10 Å². The SMILES string of the molecule is Cc1cc(F)c(-n2cnc(C(F)(F)F)n2)cc1[S@@+]([O-])CC(C)(F)F. The number of alkyl halides is 5. The second-order valence-electron chi connectivity index (χ2n) is 5.14. The highest BCUT2D eigenvalue weighted by molar-refractivity contribution is 7.91. The van der Waals surface area contributed by atoms with E-state index in [2.05, 4.69) is 10.1 Å². The fraction of sp³-hybridized carbons (Fsp3) is 0.385. The summed E-state index contributed by atoms with van der Waals surface area (Å²) in [6.45, 7) is 1.94. The summed E-state index contributed by atoms with van der Waals surface area (Å²) < 4.78 is 90.1. The van der Waals surface area contributed by atoms with E-state index in [1.54, 1.807) is 0 Å². The van der Waals surface area contributed by atoms with Crippen molar-refractivity contribution in [2.24, 2.45) is 0 Å². The number of rotatable bonds is 4. The molecule has 1 aromatic heterocycles. The Kier molecular flexibility index (Phi) is 4.86. The summed E-state index contributed by atoms with van der Waals surface area (Å²) in [6, 6.07) is 1.83. The van der Waals surface area contributed by atoms with Gasteiger partial charge in [-0.1, -0.05) is 0 Å². The van der Waals surface area contributed by atoms with Crippen LogP contribution in [0.2, 0.25) is 0 Å². The summed E-state index contributed by atoms with van der Waals surface area (Å²) >= 11 is -2.17. The van der Waals surface area contributed by atoms with E-state index in [4.69, 9.17) is 0 Å². The molecule has 0 radical (unpaired) electrons. The molecule has 0 fully saturated rings. The Morgan fingerprint density at radius 3 is 2.33 bits per heavy atom. The first-order valence-corrected chi connectivity index (χ1v) is 7.76. The predicted octanol–water partition coefficient (Wildman–Crippen LogP) is 3.50. The summed E-state index contributed by atoms with van der Waals surface area (Å²) in [5.41, 5.74) is -0.332. The van der Waals surface area contributed by atoms with Crippen molar-refractivity contribution in [3.05, 3.63) is 35.7 Å². The van der Waals surface area contributed by atoms with Crippen molar-refractivity contribution >= 4 is 11.2 Å². The fourth-order valence-electron chi connectivity index (χ4n) is 1.88. The molecule has 0 saturated heterocycles. The molecule has 0 amide bonds. The van der Waals surface area contributed by atoms with Crippen LogP contribution in [0, 0.1) is 12.7 Å². The minimum atomic E-state index is -4.82. The Hall–Kier alpha value is -1.75. The van der Waals surface area contributed by atoms with Crippen LogP contribution in [0.4, 0.5) is 26.3 Å². The monoisotopic (exact) mass is 371 g/mol. The lowest BCUT2D eigenvalue weighted by molar-refractivity contribution is -0.144. The molecule has 0 bridgehead atoms. The van der Waals surface area contributed by atoms with Gasteiger partial charge < -0.3 is 4.55 Å². The lowest BCUT2D eigenvalue weighted by atomic mass is 10.2. The number of nitrogens with zero attached hydrogens (tertiary/aromatic N) is 3. The number of halogens is 6. The van der Waals surface area contributed by atoms with Crippen molar-refractivity contribution in [1.82, 2.24) is 14.8 Å². The molecular weight excluding hydrogens is 360 g/mol. The van der Waals surface area contributed by atoms with E-state index in [1.165, 1.54) is 6.92 Å². The first kappa shape index (κ1) is 18.6. The quantitative estimate of drug-likeness (QED) is 0.611. The second kappa shape index (κ2) is 6.28. The molecule has 11 heteroatoms. The minimum Gasteiger partial charge on any atom is -0.611 e. The lowest BCUT2D eigenvalue weighted by Gasteiger charge is -2.17. The van der Waals surface area contributed by atoms with E-state index in [-0.39, 0.29) is 10.5 Å². The van der Waals surface area contributed by atoms with Crippen LogP contribution in [0.1, 0.15) is 18.3 Å². The zero-order valence-corrected chi connectivity index (χ0v) is 13.2. The van der Waals surface area contributed by atoms with E-state index in [0.29, 0.717) is 17.9 Å². The van der Waals surface area contributed by atoms with Gasteiger partial charge in [0.25, 0.3) is 11.7 Å². The van der Waals surface area contributed by atoms with Gasteiger partial charge in [-0.25, -0.2) is 22.8 Å². The number of hydrogen-bond acceptors (Lipinski definition) is 3. The molecule has 0 N–H and O–H groups in total. The standard InChI is InChI=1S/C13H11F6N3OS/c1-7-3-8(14)9(4-10(7)24(23)5-12(2,15)16)22-6-20-11(21-22)13(17,18)19/h3-4,6H,5H2,1-2H3/t24-/m0/s1. The average Bonchev–Trinajstić information content (AvgIpc) is 2.85. The van der Waals surface area contributed by atoms with Gasteiger partial charge in [0.2, 0.25) is 0 Å². The molecule has 0 spiro atoms. The maximum Gasteiger partial charge on any atom is 0.453 e. The second-order valence-corrected chi connectivity index (χ2v) is 6.56. The van der Waals surface area contributed by atoms with Crippen LogP contribution >= 0.6 is 0 Å². The Balaban J connectivity index is 2.45. The first-order valence-electron chi connectivity index (χ1n) is 6.44. The van der Waals surface area contributed by atoms with Gasteiger partial charge in [0.05, 0.1) is 0 Å². The summed E-state index contributed by atoms with van der Waals surface area (Å²) in [7, 11) is 0. The highest BCUT2D eigenvalue weighted by Gasteiger charge is 2.36. The summed E-state index contributed by atoms with van der Waals surface area (Å²) in [5.74, 6) is -6.65. The van der Waals surface area contributed by atoms with Gasteiger partial charge in [-0.05, 0) is 24.2 Å². The molecular formula is C13H11F6N3OS. The van der Waals surface area contributed by atoms with Crippen LogP contribution in [0.3, 0.4) is 0 Å². The van der Waals surface area contributed by atoms with Gasteiger partial charge in [-0.2, -0.15) is 13.2 Å². The highest BCUT2D eigenvalue weighted by Crippen LogP contribution is 2.29. The normalized spacial score (nSPS) is 14.0. The van der Waals surface area contributed by atoms with Crippen LogP contribution in [0.5, 0.6) is 0 Å². The van der Waals surface area contributed by atoms with Crippen molar-refractivity contribution in [2.75, 3.05) is 5.75 Å². The number of hydrogen-bond donors (Lipinski definition) is 0. The molecule has 0 aliphatic carbocycles. The van der Waals surface area contributed by atoms with E-state index in [9.17, 15) is 30.9 Å². The maximum absolute atomic E-state index is 14.0. The minimum absolute atomic E-state index is 0.114. The van der Waals surface area contributed by atoms with Gasteiger partial charge in [0, 0.05) is 18.6 Å². The zero-order valence-electron chi connectivity index (χ0n) is 12.4. The topological polar surface area (TPSA) is 53.8 Å². The predicted molar refractivity (Wildman–Crippen MR) is 73.0 cm³/mol. The molecule has 1 atom stereocenters. The Bertz CT molecular complexity index is 740. The largest absolute Gasteiger partial charge is 0.611 e. The number of aryl methyl sites for hydroxylation is 1. The maximum atomic E-state index is 14.0. The third-order valence-corrected chi connectivity index (χ3v) is 4.57. The third-order valence-electron chi connectivity index (χ3n) is 2.87. The van der Waals surface area contributed by atoms with E-state index in [0.717, 1.165) is 12.1 Å². The molecule has 1 aromatic carbocycles. The summed E-state index contributed by atoms with van der Waals surface area (Å²) in [6.07, 6.45) is -4.18. The van der Waals surface area contributed by atoms with E-state index < -0.39 is 46.4 Å². The van der Waals surface area contributed by atoms with Crippen molar-refractivity contribution in [1.29, 1.82) is 0 Å². The van der Waals surface area contributed by atoms with Crippen LogP contribution in [0.25, 0.3) is 5.69 Å². The molecule has 0 aliphatic heterocycles. The molecule has 4 nitrogen and oxygen atoms in total. The van der Waals surface area contributed by atoms with Crippen molar-refractivity contribution < 1.29 is 30.9 Å². The first-order chi connectivity index (χ1) is 10.9. The van der Waals surface area contributed by atoms with Crippen LogP contribution < -0.4 is 0 Å². The summed E-state index contributed by atoms with van der Waals surface area (Å²) in [5, 5.41) is 3.11. The third kappa shape index (κ3) is 4.20. The molecule has 0 saturated carbocycles. The smallest absolute Gasteiger partial charge is 0.453 e. The Morgan fingerprint density at radius 1 is 1.21 bits per heavy atom. The van der Waals surface area contributed by atoms with Crippen LogP contribution in [-0.2, 0) is 17.4 Å². The highest BCUT2D eigenvalue weighted by atomic mass is 32.2. The van der Waals surface area contributed by atoms with Crippen molar-refractivity contribution in [3.63, 3.8) is 0 Å². The fourth-order valence-corrected chi connectivity index (χ4v) is 3.16. The van der Waals surface area contributed by atoms with Crippen molar-refractivity contribution in [3.8, 4) is 5.69 Å². The van der Waals surface area contributed by atoms with Crippen LogP contribution in [-0.4, -0.2) is 31.0 Å². The number of aromatic nitrogens is 3. The Labute approximate surface area is 135 Å². The molecule has 1 heterocycles. The molecule has 2 aromatic rings. The summed E-state index contributed by atoms with van der Waals surface area (Å²) in [4.78, 5) is 2.91. The van der Waals surface area contributed by atoms with Gasteiger partial charge >= 0.3 is 6.18 Å². The lowest BCUT2D eigenvalue weighted by Crippen LogP contribution is -2.25. The molecule has 0 aliphatic rings. The van der Waals surface area contributed by atoms with Gasteiger partial charge in [0.1, 0.15) is 17.8 Å². The average molecular weight is 371 g/mol. The molecule has 0 unspecified atom stereocenters. The zero-order chi connectivity index (χ0) is 18.3. The van der Waals surface area contributed by atoms with Crippen LogP contribution in [0.15, 0.2) is 23.4 Å².